The molecule has 0 atom stereocenters. The number of rotatable bonds is 4. The minimum atomic E-state index is -1.03. The molecular formula is C11H16N4O2. The van der Waals surface area contributed by atoms with Gasteiger partial charge in [0.15, 0.2) is 5.69 Å². The third kappa shape index (κ3) is 3.39. The summed E-state index contributed by atoms with van der Waals surface area (Å²) in [4.78, 5) is 18.7. The van der Waals surface area contributed by atoms with E-state index in [-0.39, 0.29) is 5.69 Å². The third-order valence-corrected chi connectivity index (χ3v) is 2.88. The Labute approximate surface area is 99.5 Å². The van der Waals surface area contributed by atoms with Crippen molar-refractivity contribution in [3.8, 4) is 0 Å². The minimum absolute atomic E-state index is 0.0211. The summed E-state index contributed by atoms with van der Waals surface area (Å²) in [6.07, 6.45) is 3.72. The van der Waals surface area contributed by atoms with Gasteiger partial charge in [-0.1, -0.05) is 0 Å². The van der Waals surface area contributed by atoms with E-state index in [0.29, 0.717) is 11.9 Å². The van der Waals surface area contributed by atoms with Gasteiger partial charge < -0.3 is 15.7 Å². The Hall–Kier alpha value is -1.69. The van der Waals surface area contributed by atoms with Crippen LogP contribution in [-0.2, 0) is 0 Å². The first kappa shape index (κ1) is 11.8. The molecule has 1 aliphatic heterocycles. The van der Waals surface area contributed by atoms with E-state index in [9.17, 15) is 4.79 Å². The van der Waals surface area contributed by atoms with E-state index in [1.807, 2.05) is 0 Å². The molecule has 1 aromatic rings. The van der Waals surface area contributed by atoms with Crippen LogP contribution in [0.4, 0.5) is 5.95 Å². The van der Waals surface area contributed by atoms with Gasteiger partial charge >= 0.3 is 5.97 Å². The first-order valence-corrected chi connectivity index (χ1v) is 5.76. The number of carboxylic acid groups (broad SMARTS) is 1. The quantitative estimate of drug-likeness (QED) is 0.709. The van der Waals surface area contributed by atoms with Crippen LogP contribution in [0.15, 0.2) is 12.3 Å². The van der Waals surface area contributed by atoms with Gasteiger partial charge in [0, 0.05) is 12.7 Å². The van der Waals surface area contributed by atoms with Crippen LogP contribution in [-0.4, -0.2) is 40.7 Å². The fourth-order valence-electron chi connectivity index (χ4n) is 1.88. The SMILES string of the molecule is O=C(O)c1ccnc(NCC2CCNCC2)n1. The number of carbonyl (C=O) groups is 1. The maximum absolute atomic E-state index is 10.7. The molecule has 0 amide bonds. The maximum atomic E-state index is 10.7. The van der Waals surface area contributed by atoms with Crippen LogP contribution in [0.25, 0.3) is 0 Å². The largest absolute Gasteiger partial charge is 0.477 e. The van der Waals surface area contributed by atoms with Crippen molar-refractivity contribution in [1.82, 2.24) is 15.3 Å². The molecule has 3 N–H and O–H groups in total. The molecule has 1 saturated heterocycles. The molecule has 0 aromatic carbocycles. The van der Waals surface area contributed by atoms with E-state index >= 15 is 0 Å². The average molecular weight is 236 g/mol. The second kappa shape index (κ2) is 5.58. The molecule has 6 heteroatoms. The predicted molar refractivity (Wildman–Crippen MR) is 63.1 cm³/mol. The normalized spacial score (nSPS) is 16.7. The smallest absolute Gasteiger partial charge is 0.354 e. The molecule has 2 heterocycles. The first-order valence-electron chi connectivity index (χ1n) is 5.76. The third-order valence-electron chi connectivity index (χ3n) is 2.88. The van der Waals surface area contributed by atoms with Crippen LogP contribution >= 0.6 is 0 Å². The lowest BCUT2D eigenvalue weighted by molar-refractivity contribution is 0.0690. The van der Waals surface area contributed by atoms with E-state index in [4.69, 9.17) is 5.11 Å². The molecular weight excluding hydrogens is 220 g/mol. The molecule has 1 fully saturated rings. The van der Waals surface area contributed by atoms with Crippen molar-refractivity contribution >= 4 is 11.9 Å². The minimum Gasteiger partial charge on any atom is -0.477 e. The van der Waals surface area contributed by atoms with E-state index in [1.54, 1.807) is 0 Å². The van der Waals surface area contributed by atoms with Crippen molar-refractivity contribution in [2.75, 3.05) is 25.0 Å². The highest BCUT2D eigenvalue weighted by Gasteiger charge is 2.13. The highest BCUT2D eigenvalue weighted by molar-refractivity contribution is 5.85. The van der Waals surface area contributed by atoms with Gasteiger partial charge in [-0.2, -0.15) is 0 Å². The molecule has 17 heavy (non-hydrogen) atoms. The topological polar surface area (TPSA) is 87.1 Å². The Kier molecular flexibility index (Phi) is 3.87. The Balaban J connectivity index is 1.89. The van der Waals surface area contributed by atoms with Gasteiger partial charge in [-0.05, 0) is 37.9 Å². The van der Waals surface area contributed by atoms with Crippen molar-refractivity contribution in [3.05, 3.63) is 18.0 Å². The summed E-state index contributed by atoms with van der Waals surface area (Å²) in [6.45, 7) is 2.88. The Morgan fingerprint density at radius 2 is 2.29 bits per heavy atom. The van der Waals surface area contributed by atoms with Crippen LogP contribution in [0.2, 0.25) is 0 Å². The highest BCUT2D eigenvalue weighted by atomic mass is 16.4. The molecule has 0 unspecified atom stereocenters. The van der Waals surface area contributed by atoms with Crippen LogP contribution in [0, 0.1) is 5.92 Å². The number of aromatic carboxylic acids is 1. The standard InChI is InChI=1S/C11H16N4O2/c16-10(17)9-3-6-13-11(15-9)14-7-8-1-4-12-5-2-8/h3,6,8,12H,1-2,4-5,7H2,(H,16,17)(H,13,14,15). The summed E-state index contributed by atoms with van der Waals surface area (Å²) in [5.74, 6) is -0.0333. The molecule has 1 aromatic heterocycles. The number of nitrogens with one attached hydrogen (secondary N) is 2. The van der Waals surface area contributed by atoms with Crippen LogP contribution < -0.4 is 10.6 Å². The van der Waals surface area contributed by atoms with Gasteiger partial charge in [0.2, 0.25) is 5.95 Å². The van der Waals surface area contributed by atoms with Crippen molar-refractivity contribution in [2.45, 2.75) is 12.8 Å². The van der Waals surface area contributed by atoms with Crippen molar-refractivity contribution < 1.29 is 9.90 Å². The summed E-state index contributed by atoms with van der Waals surface area (Å²) in [5, 5.41) is 15.2. The molecule has 0 spiro atoms. The monoisotopic (exact) mass is 236 g/mol. The fourth-order valence-corrected chi connectivity index (χ4v) is 1.88. The van der Waals surface area contributed by atoms with Gasteiger partial charge in [0.25, 0.3) is 0 Å². The molecule has 0 bridgehead atoms. The average Bonchev–Trinajstić information content (AvgIpc) is 2.38. The second-order valence-electron chi connectivity index (χ2n) is 4.14. The molecule has 0 radical (unpaired) electrons. The molecule has 6 nitrogen and oxygen atoms in total. The van der Waals surface area contributed by atoms with Gasteiger partial charge in [0.05, 0.1) is 0 Å². The van der Waals surface area contributed by atoms with Crippen molar-refractivity contribution in [2.24, 2.45) is 5.92 Å². The van der Waals surface area contributed by atoms with Gasteiger partial charge in [-0.3, -0.25) is 0 Å². The zero-order chi connectivity index (χ0) is 12.1. The second-order valence-corrected chi connectivity index (χ2v) is 4.14. The van der Waals surface area contributed by atoms with Gasteiger partial charge in [-0.25, -0.2) is 14.8 Å². The summed E-state index contributed by atoms with van der Waals surface area (Å²) in [5.41, 5.74) is 0.0211. The Morgan fingerprint density at radius 3 is 3.00 bits per heavy atom. The lowest BCUT2D eigenvalue weighted by Crippen LogP contribution is -2.31. The lowest BCUT2D eigenvalue weighted by atomic mass is 9.98. The van der Waals surface area contributed by atoms with Crippen molar-refractivity contribution in [1.29, 1.82) is 0 Å². The molecule has 2 rings (SSSR count). The summed E-state index contributed by atoms with van der Waals surface area (Å²) >= 11 is 0. The van der Waals surface area contributed by atoms with Crippen LogP contribution in [0.1, 0.15) is 23.3 Å². The van der Waals surface area contributed by atoms with E-state index < -0.39 is 5.97 Å². The maximum Gasteiger partial charge on any atom is 0.354 e. The number of carboxylic acids is 1. The molecule has 0 aliphatic carbocycles. The lowest BCUT2D eigenvalue weighted by Gasteiger charge is -2.22. The molecule has 1 aliphatic rings. The summed E-state index contributed by atoms with van der Waals surface area (Å²) < 4.78 is 0. The number of anilines is 1. The number of nitrogens with zero attached hydrogens (tertiary/aromatic N) is 2. The van der Waals surface area contributed by atoms with Crippen molar-refractivity contribution in [3.63, 3.8) is 0 Å². The zero-order valence-corrected chi connectivity index (χ0v) is 9.52. The summed E-state index contributed by atoms with van der Waals surface area (Å²) in [7, 11) is 0. The predicted octanol–water partition coefficient (Wildman–Crippen LogP) is 0.586. The zero-order valence-electron chi connectivity index (χ0n) is 9.52. The molecule has 92 valence electrons. The van der Waals surface area contributed by atoms with Crippen LogP contribution in [0.3, 0.4) is 0 Å². The number of aromatic nitrogens is 2. The van der Waals surface area contributed by atoms with E-state index in [2.05, 4.69) is 20.6 Å². The van der Waals surface area contributed by atoms with Gasteiger partial charge in [0.1, 0.15) is 0 Å². The number of hydrogen-bond acceptors (Lipinski definition) is 5. The van der Waals surface area contributed by atoms with Gasteiger partial charge in [-0.15, -0.1) is 0 Å². The highest BCUT2D eigenvalue weighted by Crippen LogP contribution is 2.12. The Morgan fingerprint density at radius 1 is 1.53 bits per heavy atom. The molecule has 0 saturated carbocycles. The van der Waals surface area contributed by atoms with Crippen LogP contribution in [0.5, 0.6) is 0 Å². The number of hydrogen-bond donors (Lipinski definition) is 3. The number of piperidine rings is 1. The Bertz CT molecular complexity index is 391. The first-order chi connectivity index (χ1) is 8.25. The van der Waals surface area contributed by atoms with E-state index in [0.717, 1.165) is 32.5 Å². The van der Waals surface area contributed by atoms with E-state index in [1.165, 1.54) is 12.3 Å². The fraction of sp³-hybridized carbons (Fsp3) is 0.545. The summed E-state index contributed by atoms with van der Waals surface area (Å²) in [6, 6.07) is 1.39.